The van der Waals surface area contributed by atoms with Gasteiger partial charge in [-0.25, -0.2) is 19.2 Å². The SMILES string of the molecule is O.O.O=C(c1ccc(C(=O)O)c(C(=O)O)c1)c1ccc(C(=O)O)c(C(=O)O)c1. The van der Waals surface area contributed by atoms with Gasteiger partial charge in [-0.15, -0.1) is 0 Å². The first-order chi connectivity index (χ1) is 12.1. The van der Waals surface area contributed by atoms with Crippen LogP contribution >= 0.6 is 0 Å². The number of carboxylic acids is 4. The van der Waals surface area contributed by atoms with Crippen molar-refractivity contribution in [2.75, 3.05) is 0 Å². The van der Waals surface area contributed by atoms with Crippen LogP contribution in [0.5, 0.6) is 0 Å². The second-order valence-corrected chi connectivity index (χ2v) is 5.07. The molecular formula is C17H14O11. The molecule has 2 aromatic carbocycles. The molecule has 0 aliphatic heterocycles. The van der Waals surface area contributed by atoms with Crippen LogP contribution in [0.4, 0.5) is 0 Å². The van der Waals surface area contributed by atoms with Gasteiger partial charge in [-0.1, -0.05) is 12.1 Å². The fraction of sp³-hybridized carbons (Fsp3) is 0. The first-order valence-electron chi connectivity index (χ1n) is 6.89. The number of rotatable bonds is 6. The van der Waals surface area contributed by atoms with Gasteiger partial charge < -0.3 is 31.4 Å². The van der Waals surface area contributed by atoms with E-state index in [0.29, 0.717) is 0 Å². The van der Waals surface area contributed by atoms with Crippen LogP contribution in [0.1, 0.15) is 57.4 Å². The second kappa shape index (κ2) is 9.02. The minimum absolute atomic E-state index is 0. The van der Waals surface area contributed by atoms with Crippen molar-refractivity contribution >= 4 is 29.7 Å². The van der Waals surface area contributed by atoms with Gasteiger partial charge in [0.2, 0.25) is 0 Å². The maximum absolute atomic E-state index is 12.5. The van der Waals surface area contributed by atoms with Gasteiger partial charge in [0.1, 0.15) is 0 Å². The van der Waals surface area contributed by atoms with Crippen LogP contribution in [0.2, 0.25) is 0 Å². The fourth-order valence-electron chi connectivity index (χ4n) is 2.26. The standard InChI is InChI=1S/C17H10O9.2H2O/c18-13(7-1-3-9(14(19)20)11(5-7)16(23)24)8-2-4-10(15(21)22)12(6-8)17(25)26;;/h1-6H,(H,19,20)(H,21,22)(H,23,24)(H,25,26);2*1H2. The van der Waals surface area contributed by atoms with E-state index in [2.05, 4.69) is 0 Å². The molecule has 148 valence electrons. The largest absolute Gasteiger partial charge is 0.478 e. The number of hydrogen-bond acceptors (Lipinski definition) is 5. The molecule has 0 unspecified atom stereocenters. The van der Waals surface area contributed by atoms with Gasteiger partial charge in [-0.3, -0.25) is 4.79 Å². The molecule has 0 atom stereocenters. The summed E-state index contributed by atoms with van der Waals surface area (Å²) in [6, 6.07) is 5.79. The van der Waals surface area contributed by atoms with E-state index in [9.17, 15) is 24.0 Å². The summed E-state index contributed by atoms with van der Waals surface area (Å²) in [5.74, 6) is -6.86. The van der Waals surface area contributed by atoms with Crippen LogP contribution in [-0.2, 0) is 0 Å². The van der Waals surface area contributed by atoms with E-state index < -0.39 is 51.9 Å². The molecule has 0 saturated carbocycles. The highest BCUT2D eigenvalue weighted by Gasteiger charge is 2.22. The van der Waals surface area contributed by atoms with Crippen molar-refractivity contribution in [1.29, 1.82) is 0 Å². The predicted molar refractivity (Wildman–Crippen MR) is 91.4 cm³/mol. The van der Waals surface area contributed by atoms with Gasteiger partial charge in [-0.2, -0.15) is 0 Å². The lowest BCUT2D eigenvalue weighted by molar-refractivity contribution is 0.0651. The van der Waals surface area contributed by atoms with Crippen molar-refractivity contribution in [2.24, 2.45) is 0 Å². The van der Waals surface area contributed by atoms with E-state index in [1.807, 2.05) is 0 Å². The van der Waals surface area contributed by atoms with E-state index in [-0.39, 0.29) is 22.1 Å². The maximum atomic E-state index is 12.5. The summed E-state index contributed by atoms with van der Waals surface area (Å²) in [6.45, 7) is 0. The molecule has 2 rings (SSSR count). The molecular weight excluding hydrogens is 380 g/mol. The smallest absolute Gasteiger partial charge is 0.336 e. The van der Waals surface area contributed by atoms with Crippen molar-refractivity contribution < 1.29 is 55.4 Å². The Balaban J connectivity index is 0.00000364. The van der Waals surface area contributed by atoms with Crippen molar-refractivity contribution in [3.8, 4) is 0 Å². The molecule has 0 aromatic heterocycles. The summed E-state index contributed by atoms with van der Waals surface area (Å²) in [5, 5.41) is 36.1. The monoisotopic (exact) mass is 394 g/mol. The molecule has 0 bridgehead atoms. The van der Waals surface area contributed by atoms with Gasteiger partial charge in [0.05, 0.1) is 22.3 Å². The number of benzene rings is 2. The topological polar surface area (TPSA) is 229 Å². The number of carbonyl (C=O) groups excluding carboxylic acids is 1. The molecule has 0 fully saturated rings. The zero-order valence-corrected chi connectivity index (χ0v) is 13.8. The highest BCUT2D eigenvalue weighted by Crippen LogP contribution is 2.19. The van der Waals surface area contributed by atoms with Gasteiger partial charge in [0.15, 0.2) is 5.78 Å². The molecule has 0 aliphatic carbocycles. The summed E-state index contributed by atoms with van der Waals surface area (Å²) < 4.78 is 0. The van der Waals surface area contributed by atoms with E-state index in [1.165, 1.54) is 0 Å². The summed E-state index contributed by atoms with van der Waals surface area (Å²) in [4.78, 5) is 56.9. The maximum Gasteiger partial charge on any atom is 0.336 e. The molecule has 2 aromatic rings. The third-order valence-electron chi connectivity index (χ3n) is 3.49. The van der Waals surface area contributed by atoms with Crippen LogP contribution in [0.25, 0.3) is 0 Å². The second-order valence-electron chi connectivity index (χ2n) is 5.07. The number of aromatic carboxylic acids is 4. The third-order valence-corrected chi connectivity index (χ3v) is 3.49. The van der Waals surface area contributed by atoms with Crippen LogP contribution in [0.3, 0.4) is 0 Å². The average Bonchev–Trinajstić information content (AvgIpc) is 2.59. The van der Waals surface area contributed by atoms with Crippen LogP contribution in [0.15, 0.2) is 36.4 Å². The van der Waals surface area contributed by atoms with Gasteiger partial charge in [-0.05, 0) is 24.3 Å². The summed E-state index contributed by atoms with van der Waals surface area (Å²) >= 11 is 0. The molecule has 0 heterocycles. The Morgan fingerprint density at radius 2 is 0.786 bits per heavy atom. The first-order valence-corrected chi connectivity index (χ1v) is 6.89. The molecule has 0 spiro atoms. The normalized spacial score (nSPS) is 9.43. The molecule has 0 radical (unpaired) electrons. The van der Waals surface area contributed by atoms with Crippen LogP contribution < -0.4 is 0 Å². The zero-order valence-electron chi connectivity index (χ0n) is 13.8. The molecule has 0 amide bonds. The van der Waals surface area contributed by atoms with Crippen molar-refractivity contribution in [3.05, 3.63) is 69.8 Å². The summed E-state index contributed by atoms with van der Waals surface area (Å²) in [7, 11) is 0. The molecule has 8 N–H and O–H groups in total. The van der Waals surface area contributed by atoms with Gasteiger partial charge >= 0.3 is 23.9 Å². The minimum Gasteiger partial charge on any atom is -0.478 e. The highest BCUT2D eigenvalue weighted by molar-refractivity contribution is 6.13. The average molecular weight is 394 g/mol. The van der Waals surface area contributed by atoms with E-state index in [0.717, 1.165) is 36.4 Å². The number of carboxylic acid groups (broad SMARTS) is 4. The van der Waals surface area contributed by atoms with Crippen LogP contribution in [0, 0.1) is 0 Å². The predicted octanol–water partition coefficient (Wildman–Crippen LogP) is 0.0610. The number of carbonyl (C=O) groups is 5. The lowest BCUT2D eigenvalue weighted by atomic mass is 9.95. The Labute approximate surface area is 155 Å². The number of ketones is 1. The van der Waals surface area contributed by atoms with Crippen molar-refractivity contribution in [3.63, 3.8) is 0 Å². The van der Waals surface area contributed by atoms with Gasteiger partial charge in [0, 0.05) is 11.1 Å². The minimum atomic E-state index is -1.55. The Hall–Kier alpha value is -4.09. The Kier molecular flexibility index (Phi) is 7.71. The molecule has 11 heteroatoms. The fourth-order valence-corrected chi connectivity index (χ4v) is 2.26. The Morgan fingerprint density at radius 1 is 0.500 bits per heavy atom. The molecule has 11 nitrogen and oxygen atoms in total. The quantitative estimate of drug-likeness (QED) is 0.484. The first kappa shape index (κ1) is 23.9. The molecule has 0 saturated heterocycles. The molecule has 28 heavy (non-hydrogen) atoms. The van der Waals surface area contributed by atoms with Gasteiger partial charge in [0.25, 0.3) is 0 Å². The lowest BCUT2D eigenvalue weighted by Crippen LogP contribution is -2.13. The highest BCUT2D eigenvalue weighted by atomic mass is 16.4. The van der Waals surface area contributed by atoms with E-state index in [4.69, 9.17) is 20.4 Å². The number of hydrogen-bond donors (Lipinski definition) is 4. The van der Waals surface area contributed by atoms with Crippen molar-refractivity contribution in [1.82, 2.24) is 0 Å². The van der Waals surface area contributed by atoms with E-state index in [1.54, 1.807) is 0 Å². The third kappa shape index (κ3) is 4.55. The Bertz CT molecular complexity index is 898. The lowest BCUT2D eigenvalue weighted by Gasteiger charge is -2.08. The van der Waals surface area contributed by atoms with Crippen molar-refractivity contribution in [2.45, 2.75) is 0 Å². The van der Waals surface area contributed by atoms with Crippen LogP contribution in [-0.4, -0.2) is 61.0 Å². The summed E-state index contributed by atoms with van der Waals surface area (Å²) in [6.07, 6.45) is 0. The zero-order chi connectivity index (χ0) is 19.6. The molecule has 0 aliphatic rings. The summed E-state index contributed by atoms with van der Waals surface area (Å²) in [5.41, 5.74) is -2.62. The Morgan fingerprint density at radius 3 is 1.04 bits per heavy atom. The van der Waals surface area contributed by atoms with E-state index >= 15 is 0 Å².